The smallest absolute Gasteiger partial charge is 0.214 e. The lowest BCUT2D eigenvalue weighted by Gasteiger charge is -2.26. The molecular weight excluding hydrogens is 206 g/mol. The summed E-state index contributed by atoms with van der Waals surface area (Å²) in [6, 6.07) is 0. The van der Waals surface area contributed by atoms with E-state index in [1.807, 2.05) is 0 Å². The van der Waals surface area contributed by atoms with Gasteiger partial charge in [0.1, 0.15) is 0 Å². The molecule has 6 heteroatoms. The van der Waals surface area contributed by atoms with E-state index >= 15 is 0 Å². The second kappa shape index (κ2) is 5.06. The predicted octanol–water partition coefficient (Wildman–Crippen LogP) is -0.723. The maximum absolute atomic E-state index is 11.7. The second-order valence-corrected chi connectivity index (χ2v) is 5.59. The highest BCUT2D eigenvalue weighted by Crippen LogP contribution is 2.09. The van der Waals surface area contributed by atoms with Crippen LogP contribution < -0.4 is 0 Å². The van der Waals surface area contributed by atoms with Crippen molar-refractivity contribution in [3.8, 4) is 0 Å². The molecule has 0 saturated carbocycles. The Kier molecular flexibility index (Phi) is 4.31. The number of ether oxygens (including phenoxy) is 1. The Balaban J connectivity index is 2.54. The van der Waals surface area contributed by atoms with Crippen LogP contribution in [0.2, 0.25) is 0 Å². The molecule has 1 aliphatic heterocycles. The predicted molar refractivity (Wildman–Crippen MR) is 52.4 cm³/mol. The first-order valence-electron chi connectivity index (χ1n) is 4.72. The van der Waals surface area contributed by atoms with Crippen molar-refractivity contribution in [3.63, 3.8) is 0 Å². The van der Waals surface area contributed by atoms with E-state index in [-0.39, 0.29) is 18.3 Å². The van der Waals surface area contributed by atoms with Crippen LogP contribution in [0.1, 0.15) is 6.92 Å². The van der Waals surface area contributed by atoms with Gasteiger partial charge in [0.15, 0.2) is 0 Å². The van der Waals surface area contributed by atoms with Crippen molar-refractivity contribution in [3.05, 3.63) is 0 Å². The summed E-state index contributed by atoms with van der Waals surface area (Å²) >= 11 is 0. The summed E-state index contributed by atoms with van der Waals surface area (Å²) in [6.07, 6.45) is 0. The van der Waals surface area contributed by atoms with E-state index in [1.54, 1.807) is 6.92 Å². The van der Waals surface area contributed by atoms with Crippen molar-refractivity contribution in [2.24, 2.45) is 5.92 Å². The lowest BCUT2D eigenvalue weighted by atomic mass is 10.2. The number of aliphatic hydroxyl groups is 1. The fourth-order valence-electron chi connectivity index (χ4n) is 1.34. The zero-order valence-electron chi connectivity index (χ0n) is 8.35. The van der Waals surface area contributed by atoms with Gasteiger partial charge >= 0.3 is 0 Å². The van der Waals surface area contributed by atoms with Crippen LogP contribution in [0.5, 0.6) is 0 Å². The Morgan fingerprint density at radius 1 is 1.43 bits per heavy atom. The third kappa shape index (κ3) is 3.20. The number of morpholine rings is 1. The van der Waals surface area contributed by atoms with E-state index in [4.69, 9.17) is 9.84 Å². The molecule has 1 saturated heterocycles. The summed E-state index contributed by atoms with van der Waals surface area (Å²) in [5.74, 6) is -0.188. The van der Waals surface area contributed by atoms with Gasteiger partial charge in [0.25, 0.3) is 0 Å². The van der Waals surface area contributed by atoms with E-state index in [2.05, 4.69) is 0 Å². The Labute approximate surface area is 84.7 Å². The zero-order valence-corrected chi connectivity index (χ0v) is 9.16. The third-order valence-electron chi connectivity index (χ3n) is 2.17. The minimum atomic E-state index is -3.20. The maximum atomic E-state index is 11.7. The monoisotopic (exact) mass is 223 g/mol. The highest BCUT2D eigenvalue weighted by molar-refractivity contribution is 7.89. The molecule has 0 aliphatic carbocycles. The number of aliphatic hydroxyl groups excluding tert-OH is 1. The quantitative estimate of drug-likeness (QED) is 0.683. The van der Waals surface area contributed by atoms with Gasteiger partial charge in [-0.2, -0.15) is 4.31 Å². The molecular formula is C8H17NO4S. The molecule has 1 unspecified atom stereocenters. The van der Waals surface area contributed by atoms with Gasteiger partial charge in [-0.05, 0) is 5.92 Å². The topological polar surface area (TPSA) is 66.8 Å². The van der Waals surface area contributed by atoms with Gasteiger partial charge in [0, 0.05) is 19.7 Å². The van der Waals surface area contributed by atoms with Crippen LogP contribution >= 0.6 is 0 Å². The summed E-state index contributed by atoms with van der Waals surface area (Å²) in [5.41, 5.74) is 0. The maximum Gasteiger partial charge on any atom is 0.214 e. The van der Waals surface area contributed by atoms with E-state index in [9.17, 15) is 8.42 Å². The minimum Gasteiger partial charge on any atom is -0.396 e. The van der Waals surface area contributed by atoms with E-state index in [1.165, 1.54) is 4.31 Å². The molecule has 14 heavy (non-hydrogen) atoms. The third-order valence-corrected chi connectivity index (χ3v) is 4.31. The highest BCUT2D eigenvalue weighted by Gasteiger charge is 2.25. The van der Waals surface area contributed by atoms with Gasteiger partial charge in [-0.1, -0.05) is 6.92 Å². The van der Waals surface area contributed by atoms with Gasteiger partial charge in [-0.3, -0.25) is 0 Å². The Hall–Kier alpha value is -0.170. The molecule has 0 bridgehead atoms. The Morgan fingerprint density at radius 2 is 2.00 bits per heavy atom. The SMILES string of the molecule is CC(CO)CS(=O)(=O)N1CCOCC1. The second-order valence-electron chi connectivity index (χ2n) is 3.58. The molecule has 0 aromatic carbocycles. The summed E-state index contributed by atoms with van der Waals surface area (Å²) in [6.45, 7) is 3.42. The first-order chi connectivity index (χ1) is 6.56. The van der Waals surface area contributed by atoms with Gasteiger partial charge in [-0.25, -0.2) is 8.42 Å². The summed E-state index contributed by atoms with van der Waals surface area (Å²) < 4.78 is 29.9. The van der Waals surface area contributed by atoms with Crippen molar-refractivity contribution in [2.45, 2.75) is 6.92 Å². The molecule has 5 nitrogen and oxygen atoms in total. The molecule has 1 heterocycles. The molecule has 1 fully saturated rings. The van der Waals surface area contributed by atoms with Gasteiger partial charge in [0.2, 0.25) is 10.0 Å². The van der Waals surface area contributed by atoms with Crippen molar-refractivity contribution >= 4 is 10.0 Å². The zero-order chi connectivity index (χ0) is 10.6. The molecule has 0 aromatic heterocycles. The van der Waals surface area contributed by atoms with Crippen LogP contribution in [0, 0.1) is 5.92 Å². The van der Waals surface area contributed by atoms with Crippen LogP contribution in [-0.2, 0) is 14.8 Å². The highest BCUT2D eigenvalue weighted by atomic mass is 32.2. The first-order valence-corrected chi connectivity index (χ1v) is 6.33. The molecule has 1 atom stereocenters. The Morgan fingerprint density at radius 3 is 2.50 bits per heavy atom. The van der Waals surface area contributed by atoms with E-state index in [0.29, 0.717) is 26.3 Å². The van der Waals surface area contributed by atoms with Crippen LogP contribution in [-0.4, -0.2) is 56.5 Å². The number of hydrogen-bond acceptors (Lipinski definition) is 4. The molecule has 1 rings (SSSR count). The first kappa shape index (κ1) is 11.9. The van der Waals surface area contributed by atoms with Crippen molar-refractivity contribution < 1.29 is 18.3 Å². The largest absolute Gasteiger partial charge is 0.396 e. The van der Waals surface area contributed by atoms with Crippen LogP contribution in [0.15, 0.2) is 0 Å². The molecule has 0 radical (unpaired) electrons. The van der Waals surface area contributed by atoms with Crippen molar-refractivity contribution in [2.75, 3.05) is 38.7 Å². The van der Waals surface area contributed by atoms with Gasteiger partial charge < -0.3 is 9.84 Å². The number of hydrogen-bond donors (Lipinski definition) is 1. The summed E-state index contributed by atoms with van der Waals surface area (Å²) in [7, 11) is -3.20. The van der Waals surface area contributed by atoms with Crippen molar-refractivity contribution in [1.29, 1.82) is 0 Å². The molecule has 1 N–H and O–H groups in total. The van der Waals surface area contributed by atoms with Crippen LogP contribution in [0.4, 0.5) is 0 Å². The molecule has 84 valence electrons. The Bertz CT molecular complexity index is 259. The van der Waals surface area contributed by atoms with Crippen LogP contribution in [0.3, 0.4) is 0 Å². The molecule has 0 aromatic rings. The number of rotatable bonds is 4. The van der Waals surface area contributed by atoms with Crippen molar-refractivity contribution in [1.82, 2.24) is 4.31 Å². The lowest BCUT2D eigenvalue weighted by Crippen LogP contribution is -2.43. The normalized spacial score (nSPS) is 22.1. The molecule has 0 amide bonds. The molecule has 0 spiro atoms. The van der Waals surface area contributed by atoms with Gasteiger partial charge in [-0.15, -0.1) is 0 Å². The van der Waals surface area contributed by atoms with E-state index < -0.39 is 10.0 Å². The molecule has 1 aliphatic rings. The summed E-state index contributed by atoms with van der Waals surface area (Å²) in [5, 5.41) is 8.79. The summed E-state index contributed by atoms with van der Waals surface area (Å²) in [4.78, 5) is 0. The lowest BCUT2D eigenvalue weighted by molar-refractivity contribution is 0.0727. The average Bonchev–Trinajstić information content (AvgIpc) is 2.18. The number of nitrogens with zero attached hydrogens (tertiary/aromatic N) is 1. The van der Waals surface area contributed by atoms with E-state index in [0.717, 1.165) is 0 Å². The minimum absolute atomic E-state index is 0.0174. The average molecular weight is 223 g/mol. The fourth-order valence-corrected chi connectivity index (χ4v) is 3.08. The fraction of sp³-hybridized carbons (Fsp3) is 1.00. The number of sulfonamides is 1. The van der Waals surface area contributed by atoms with Gasteiger partial charge in [0.05, 0.1) is 19.0 Å². The standard InChI is InChI=1S/C8H17NO4S/c1-8(6-10)7-14(11,12)9-2-4-13-5-3-9/h8,10H,2-7H2,1H3. The van der Waals surface area contributed by atoms with Crippen LogP contribution in [0.25, 0.3) is 0 Å².